The van der Waals surface area contributed by atoms with Crippen LogP contribution in [0.1, 0.15) is 42.9 Å². The number of likely N-dealkylation sites (tertiary alicyclic amines) is 1. The third-order valence-electron chi connectivity index (χ3n) is 5.02. The maximum absolute atomic E-state index is 12.4. The lowest BCUT2D eigenvalue weighted by Gasteiger charge is -2.26. The molecule has 1 saturated heterocycles. The fraction of sp³-hybridized carbons (Fsp3) is 0.435. The van der Waals surface area contributed by atoms with Crippen LogP contribution in [0.2, 0.25) is 0 Å². The molecule has 0 saturated carbocycles. The summed E-state index contributed by atoms with van der Waals surface area (Å²) in [6.45, 7) is 8.05. The van der Waals surface area contributed by atoms with E-state index in [9.17, 15) is 4.79 Å². The summed E-state index contributed by atoms with van der Waals surface area (Å²) in [5.41, 5.74) is 3.75. The van der Waals surface area contributed by atoms with Gasteiger partial charge in [0.25, 0.3) is 0 Å². The zero-order valence-corrected chi connectivity index (χ0v) is 17.2. The molecule has 27 heavy (non-hydrogen) atoms. The zero-order chi connectivity index (χ0) is 19.1. The van der Waals surface area contributed by atoms with Gasteiger partial charge in [-0.05, 0) is 63.0 Å². The first-order valence-corrected chi connectivity index (χ1v) is 10.8. The van der Waals surface area contributed by atoms with Crippen LogP contribution < -0.4 is 5.32 Å². The van der Waals surface area contributed by atoms with Gasteiger partial charge in [0.05, 0.1) is 5.25 Å². The second kappa shape index (κ2) is 9.95. The monoisotopic (exact) mass is 382 g/mol. The Bertz CT molecular complexity index is 738. The number of aryl methyl sites for hydroxylation is 1. The van der Waals surface area contributed by atoms with E-state index in [0.29, 0.717) is 6.54 Å². The van der Waals surface area contributed by atoms with Crippen LogP contribution in [0.15, 0.2) is 53.4 Å². The molecule has 0 spiro atoms. The maximum Gasteiger partial charge on any atom is 0.233 e. The minimum Gasteiger partial charge on any atom is -0.351 e. The molecule has 0 radical (unpaired) electrons. The van der Waals surface area contributed by atoms with Crippen molar-refractivity contribution >= 4 is 17.7 Å². The minimum absolute atomic E-state index is 0.0852. The van der Waals surface area contributed by atoms with Crippen LogP contribution in [0, 0.1) is 6.92 Å². The number of thioether (sulfide) groups is 1. The first-order chi connectivity index (χ1) is 13.1. The van der Waals surface area contributed by atoms with Gasteiger partial charge in [-0.2, -0.15) is 0 Å². The first-order valence-electron chi connectivity index (χ1n) is 9.91. The quantitative estimate of drug-likeness (QED) is 0.700. The molecule has 0 unspecified atom stereocenters. The Morgan fingerprint density at radius 1 is 1.07 bits per heavy atom. The van der Waals surface area contributed by atoms with Crippen LogP contribution in [0.4, 0.5) is 0 Å². The molecule has 1 aliphatic heterocycles. The number of piperidine rings is 1. The second-order valence-corrected chi connectivity index (χ2v) is 8.86. The number of hydrogen-bond donors (Lipinski definition) is 1. The van der Waals surface area contributed by atoms with Crippen molar-refractivity contribution in [3.63, 3.8) is 0 Å². The van der Waals surface area contributed by atoms with E-state index in [4.69, 9.17) is 0 Å². The molecule has 1 heterocycles. The SMILES string of the molecule is Cc1ccc(S[C@H](C)C(=O)NCc2cccc(CN3CCCCC3)c2)cc1. The Balaban J connectivity index is 1.49. The molecule has 0 aromatic heterocycles. The summed E-state index contributed by atoms with van der Waals surface area (Å²) in [6, 6.07) is 16.9. The van der Waals surface area contributed by atoms with Crippen LogP contribution in [0.5, 0.6) is 0 Å². The lowest BCUT2D eigenvalue weighted by Crippen LogP contribution is -2.30. The molecule has 1 N–H and O–H groups in total. The lowest BCUT2D eigenvalue weighted by atomic mass is 10.1. The molecule has 0 bridgehead atoms. The van der Waals surface area contributed by atoms with Crippen LogP contribution in [0.25, 0.3) is 0 Å². The van der Waals surface area contributed by atoms with E-state index in [1.807, 2.05) is 6.92 Å². The zero-order valence-electron chi connectivity index (χ0n) is 16.4. The van der Waals surface area contributed by atoms with E-state index in [-0.39, 0.29) is 11.2 Å². The predicted octanol–water partition coefficient (Wildman–Crippen LogP) is 4.78. The van der Waals surface area contributed by atoms with Crippen LogP contribution in [0.3, 0.4) is 0 Å². The van der Waals surface area contributed by atoms with Crippen molar-refractivity contribution in [1.29, 1.82) is 0 Å². The molecule has 0 aliphatic carbocycles. The standard InChI is InChI=1S/C23H30N2OS/c1-18-9-11-22(12-10-18)27-19(2)23(26)24-16-20-7-6-8-21(15-20)17-25-13-4-3-5-14-25/h6-12,15,19H,3-5,13-14,16-17H2,1-2H3,(H,24,26)/t19-/m1/s1. The fourth-order valence-electron chi connectivity index (χ4n) is 3.42. The molecule has 3 rings (SSSR count). The summed E-state index contributed by atoms with van der Waals surface area (Å²) >= 11 is 1.60. The van der Waals surface area contributed by atoms with Gasteiger partial charge in [0, 0.05) is 18.0 Å². The molecule has 1 atom stereocenters. The Labute approximate surface area is 167 Å². The van der Waals surface area contributed by atoms with Crippen molar-refractivity contribution in [2.75, 3.05) is 13.1 Å². The van der Waals surface area contributed by atoms with Crippen molar-refractivity contribution in [2.24, 2.45) is 0 Å². The van der Waals surface area contributed by atoms with E-state index < -0.39 is 0 Å². The Kier molecular flexibility index (Phi) is 7.36. The van der Waals surface area contributed by atoms with E-state index in [1.54, 1.807) is 11.8 Å². The predicted molar refractivity (Wildman–Crippen MR) is 114 cm³/mol. The van der Waals surface area contributed by atoms with Gasteiger partial charge in [-0.15, -0.1) is 11.8 Å². The Hall–Kier alpha value is -1.78. The highest BCUT2D eigenvalue weighted by molar-refractivity contribution is 8.00. The molecule has 144 valence electrons. The summed E-state index contributed by atoms with van der Waals surface area (Å²) < 4.78 is 0. The molecule has 3 nitrogen and oxygen atoms in total. The average Bonchev–Trinajstić information content (AvgIpc) is 2.69. The van der Waals surface area contributed by atoms with Gasteiger partial charge in [0.1, 0.15) is 0 Å². The van der Waals surface area contributed by atoms with Gasteiger partial charge in [-0.3, -0.25) is 9.69 Å². The van der Waals surface area contributed by atoms with Crippen LogP contribution >= 0.6 is 11.8 Å². The highest BCUT2D eigenvalue weighted by atomic mass is 32.2. The highest BCUT2D eigenvalue weighted by Crippen LogP contribution is 2.23. The third-order valence-corrected chi connectivity index (χ3v) is 6.13. The van der Waals surface area contributed by atoms with Gasteiger partial charge in [0.15, 0.2) is 0 Å². The summed E-state index contributed by atoms with van der Waals surface area (Å²) in [5.74, 6) is 0.0852. The van der Waals surface area contributed by atoms with E-state index in [1.165, 1.54) is 49.0 Å². The van der Waals surface area contributed by atoms with E-state index in [2.05, 4.69) is 65.7 Å². The molecule has 1 aliphatic rings. The molecule has 2 aromatic rings. The van der Waals surface area contributed by atoms with Gasteiger partial charge in [-0.1, -0.05) is 48.4 Å². The number of nitrogens with zero attached hydrogens (tertiary/aromatic N) is 1. The second-order valence-electron chi connectivity index (χ2n) is 7.45. The lowest BCUT2D eigenvalue weighted by molar-refractivity contribution is -0.120. The van der Waals surface area contributed by atoms with Gasteiger partial charge in [0.2, 0.25) is 5.91 Å². The van der Waals surface area contributed by atoms with Crippen molar-refractivity contribution < 1.29 is 4.79 Å². The maximum atomic E-state index is 12.4. The number of hydrogen-bond acceptors (Lipinski definition) is 3. The number of carbonyl (C=O) groups excluding carboxylic acids is 1. The van der Waals surface area contributed by atoms with Crippen LogP contribution in [-0.2, 0) is 17.9 Å². The molecular formula is C23H30N2OS. The first kappa shape index (κ1) is 20.0. The summed E-state index contributed by atoms with van der Waals surface area (Å²) in [6.07, 6.45) is 3.99. The summed E-state index contributed by atoms with van der Waals surface area (Å²) in [5, 5.41) is 2.98. The molecule has 1 amide bonds. The topological polar surface area (TPSA) is 32.3 Å². The van der Waals surface area contributed by atoms with Gasteiger partial charge in [-0.25, -0.2) is 0 Å². The number of rotatable bonds is 7. The van der Waals surface area contributed by atoms with Crippen molar-refractivity contribution in [2.45, 2.75) is 56.3 Å². The van der Waals surface area contributed by atoms with Crippen LogP contribution in [-0.4, -0.2) is 29.1 Å². The number of carbonyl (C=O) groups is 1. The van der Waals surface area contributed by atoms with Crippen molar-refractivity contribution in [3.05, 3.63) is 65.2 Å². The largest absolute Gasteiger partial charge is 0.351 e. The van der Waals surface area contributed by atoms with Crippen molar-refractivity contribution in [3.8, 4) is 0 Å². The molecular weight excluding hydrogens is 352 g/mol. The molecule has 1 fully saturated rings. The van der Waals surface area contributed by atoms with Crippen molar-refractivity contribution in [1.82, 2.24) is 10.2 Å². The number of benzene rings is 2. The average molecular weight is 383 g/mol. The normalized spacial score (nSPS) is 16.1. The smallest absolute Gasteiger partial charge is 0.233 e. The van der Waals surface area contributed by atoms with Gasteiger partial charge < -0.3 is 5.32 Å². The summed E-state index contributed by atoms with van der Waals surface area (Å²) in [7, 11) is 0. The number of nitrogens with one attached hydrogen (secondary N) is 1. The minimum atomic E-state index is -0.107. The highest BCUT2D eigenvalue weighted by Gasteiger charge is 2.14. The molecule has 4 heteroatoms. The third kappa shape index (κ3) is 6.40. The van der Waals surface area contributed by atoms with E-state index in [0.717, 1.165) is 11.4 Å². The summed E-state index contributed by atoms with van der Waals surface area (Å²) in [4.78, 5) is 16.1. The number of amides is 1. The van der Waals surface area contributed by atoms with E-state index >= 15 is 0 Å². The Morgan fingerprint density at radius 2 is 1.78 bits per heavy atom. The fourth-order valence-corrected chi connectivity index (χ4v) is 4.31. The van der Waals surface area contributed by atoms with Gasteiger partial charge >= 0.3 is 0 Å². The molecule has 2 aromatic carbocycles. The Morgan fingerprint density at radius 3 is 2.52 bits per heavy atom.